The van der Waals surface area contributed by atoms with E-state index in [1.54, 1.807) is 12.1 Å². The van der Waals surface area contributed by atoms with Crippen molar-refractivity contribution in [3.63, 3.8) is 0 Å². The van der Waals surface area contributed by atoms with Crippen LogP contribution in [0.25, 0.3) is 0 Å². The Morgan fingerprint density at radius 1 is 1.22 bits per heavy atom. The summed E-state index contributed by atoms with van der Waals surface area (Å²) in [6.07, 6.45) is 5.05. The summed E-state index contributed by atoms with van der Waals surface area (Å²) < 4.78 is 0.593. The van der Waals surface area contributed by atoms with Crippen LogP contribution >= 0.6 is 22.9 Å². The molecule has 0 saturated heterocycles. The van der Waals surface area contributed by atoms with Gasteiger partial charge in [0, 0.05) is 38.1 Å². The van der Waals surface area contributed by atoms with E-state index in [9.17, 15) is 9.59 Å². The lowest BCUT2D eigenvalue weighted by molar-refractivity contribution is -0.126. The lowest BCUT2D eigenvalue weighted by atomic mass is 9.84. The lowest BCUT2D eigenvalue weighted by Gasteiger charge is -2.39. The summed E-state index contributed by atoms with van der Waals surface area (Å²) in [6.45, 7) is 4.99. The Balaban J connectivity index is 1.34. The molecule has 1 aliphatic carbocycles. The maximum absolute atomic E-state index is 12.4. The molecule has 2 heterocycles. The normalized spacial score (nSPS) is 22.9. The zero-order valence-electron chi connectivity index (χ0n) is 15.7. The molecule has 148 valence electrons. The first kappa shape index (κ1) is 20.1. The Kier molecular flexibility index (Phi) is 7.13. The summed E-state index contributed by atoms with van der Waals surface area (Å²) in [6, 6.07) is 3.93. The zero-order valence-corrected chi connectivity index (χ0v) is 17.2. The van der Waals surface area contributed by atoms with Crippen molar-refractivity contribution in [2.75, 3.05) is 26.2 Å². The number of carbonyl (C=O) groups is 2. The summed E-state index contributed by atoms with van der Waals surface area (Å²) in [5.74, 6) is 1.18. The van der Waals surface area contributed by atoms with Gasteiger partial charge in [0.15, 0.2) is 0 Å². The van der Waals surface area contributed by atoms with E-state index in [-0.39, 0.29) is 17.7 Å². The van der Waals surface area contributed by atoms with Crippen LogP contribution in [0.4, 0.5) is 0 Å². The van der Waals surface area contributed by atoms with Crippen LogP contribution in [0.5, 0.6) is 0 Å². The molecule has 3 rings (SSSR count). The first-order chi connectivity index (χ1) is 13.0. The Morgan fingerprint density at radius 2 is 1.96 bits per heavy atom. The molecule has 0 aromatic carbocycles. The number of carbonyl (C=O) groups excluding carboxylic acids is 2. The molecule has 1 fully saturated rings. The number of nitrogens with zero attached hydrogens (tertiary/aromatic N) is 2. The van der Waals surface area contributed by atoms with E-state index in [1.165, 1.54) is 11.3 Å². The van der Waals surface area contributed by atoms with Crippen molar-refractivity contribution in [3.8, 4) is 0 Å². The second-order valence-corrected chi connectivity index (χ2v) is 8.85. The monoisotopic (exact) mass is 410 g/mol. The molecule has 8 heteroatoms. The number of amides is 2. The van der Waals surface area contributed by atoms with Gasteiger partial charge < -0.3 is 15.5 Å². The van der Waals surface area contributed by atoms with Crippen molar-refractivity contribution < 1.29 is 9.59 Å². The summed E-state index contributed by atoms with van der Waals surface area (Å²) in [7, 11) is 0. The van der Waals surface area contributed by atoms with Crippen LogP contribution < -0.4 is 10.6 Å². The molecular weight excluding hydrogens is 384 g/mol. The fourth-order valence-electron chi connectivity index (χ4n) is 3.86. The molecule has 0 unspecified atom stereocenters. The van der Waals surface area contributed by atoms with Crippen LogP contribution in [0.2, 0.25) is 4.34 Å². The number of aliphatic imine (C=N–C) groups is 1. The quantitative estimate of drug-likeness (QED) is 0.708. The number of amidine groups is 1. The maximum atomic E-state index is 12.4. The Bertz CT molecular complexity index is 698. The molecule has 0 spiro atoms. The van der Waals surface area contributed by atoms with Crippen molar-refractivity contribution in [1.82, 2.24) is 15.5 Å². The molecule has 1 aromatic rings. The average molecular weight is 411 g/mol. The van der Waals surface area contributed by atoms with E-state index < -0.39 is 0 Å². The van der Waals surface area contributed by atoms with Crippen LogP contribution in [0.15, 0.2) is 17.1 Å². The first-order valence-electron chi connectivity index (χ1n) is 9.63. The van der Waals surface area contributed by atoms with Crippen LogP contribution in [-0.4, -0.2) is 54.8 Å². The van der Waals surface area contributed by atoms with Gasteiger partial charge in [0.1, 0.15) is 0 Å². The SMILES string of the molecule is CC1=NCCCN1C1CCC(C(=O)NCCNC(=O)c2ccc(Cl)s2)CC1. The Labute approximate surface area is 169 Å². The van der Waals surface area contributed by atoms with Crippen molar-refractivity contribution in [3.05, 3.63) is 21.3 Å². The highest BCUT2D eigenvalue weighted by molar-refractivity contribution is 7.17. The molecule has 27 heavy (non-hydrogen) atoms. The Hall–Kier alpha value is -1.60. The van der Waals surface area contributed by atoms with Gasteiger partial charge in [0.05, 0.1) is 15.0 Å². The predicted molar refractivity (Wildman–Crippen MR) is 110 cm³/mol. The third-order valence-corrected chi connectivity index (χ3v) is 6.56. The number of thiophene rings is 1. The van der Waals surface area contributed by atoms with Gasteiger partial charge in [-0.15, -0.1) is 11.3 Å². The summed E-state index contributed by atoms with van der Waals surface area (Å²) in [4.78, 5) is 31.9. The van der Waals surface area contributed by atoms with Crippen LogP contribution in [0.3, 0.4) is 0 Å². The number of rotatable bonds is 6. The van der Waals surface area contributed by atoms with Crippen LogP contribution in [0, 0.1) is 5.92 Å². The van der Waals surface area contributed by atoms with E-state index >= 15 is 0 Å². The molecule has 2 N–H and O–H groups in total. The van der Waals surface area contributed by atoms with E-state index in [2.05, 4.69) is 27.4 Å². The molecule has 0 atom stereocenters. The summed E-state index contributed by atoms with van der Waals surface area (Å²) in [5.41, 5.74) is 0. The lowest BCUT2D eigenvalue weighted by Crippen LogP contribution is -2.45. The van der Waals surface area contributed by atoms with Gasteiger partial charge in [-0.25, -0.2) is 0 Å². The fraction of sp³-hybridized carbons (Fsp3) is 0.632. The van der Waals surface area contributed by atoms with Gasteiger partial charge >= 0.3 is 0 Å². The van der Waals surface area contributed by atoms with Gasteiger partial charge in [0.25, 0.3) is 5.91 Å². The molecule has 0 bridgehead atoms. The number of nitrogens with one attached hydrogen (secondary N) is 2. The molecule has 2 aliphatic rings. The third kappa shape index (κ3) is 5.45. The van der Waals surface area contributed by atoms with Gasteiger partial charge in [-0.2, -0.15) is 0 Å². The third-order valence-electron chi connectivity index (χ3n) is 5.33. The first-order valence-corrected chi connectivity index (χ1v) is 10.8. The predicted octanol–water partition coefficient (Wildman–Crippen LogP) is 2.93. The van der Waals surface area contributed by atoms with E-state index in [1.807, 2.05) is 0 Å². The van der Waals surface area contributed by atoms with Gasteiger partial charge in [0.2, 0.25) is 5.91 Å². The second kappa shape index (κ2) is 9.55. The van der Waals surface area contributed by atoms with E-state index in [0.29, 0.717) is 28.3 Å². The molecule has 2 amide bonds. The molecule has 0 radical (unpaired) electrons. The molecule has 1 aromatic heterocycles. The van der Waals surface area contributed by atoms with Crippen molar-refractivity contribution >= 4 is 40.6 Å². The highest BCUT2D eigenvalue weighted by atomic mass is 35.5. The minimum Gasteiger partial charge on any atom is -0.358 e. The smallest absolute Gasteiger partial charge is 0.261 e. The van der Waals surface area contributed by atoms with E-state index in [0.717, 1.165) is 51.0 Å². The van der Waals surface area contributed by atoms with Gasteiger partial charge in [-0.1, -0.05) is 11.6 Å². The minimum atomic E-state index is -0.153. The summed E-state index contributed by atoms with van der Waals surface area (Å²) >= 11 is 7.08. The minimum absolute atomic E-state index is 0.0788. The molecule has 1 saturated carbocycles. The van der Waals surface area contributed by atoms with Crippen molar-refractivity contribution in [1.29, 1.82) is 0 Å². The standard InChI is InChI=1S/C19H27ClN4O2S/c1-13-21-9-2-12-24(13)15-5-3-14(4-6-15)18(25)22-10-11-23-19(26)16-7-8-17(20)27-16/h7-8,14-15H,2-6,9-12H2,1H3,(H,22,25)(H,23,26). The summed E-state index contributed by atoms with van der Waals surface area (Å²) in [5, 5.41) is 5.76. The largest absolute Gasteiger partial charge is 0.358 e. The number of hydrogen-bond donors (Lipinski definition) is 2. The van der Waals surface area contributed by atoms with Crippen LogP contribution in [0.1, 0.15) is 48.7 Å². The molecule has 1 aliphatic heterocycles. The highest BCUT2D eigenvalue weighted by Gasteiger charge is 2.30. The molecular formula is C19H27ClN4O2S. The maximum Gasteiger partial charge on any atom is 0.261 e. The zero-order chi connectivity index (χ0) is 19.2. The van der Waals surface area contributed by atoms with E-state index in [4.69, 9.17) is 11.6 Å². The van der Waals surface area contributed by atoms with Gasteiger partial charge in [-0.3, -0.25) is 14.6 Å². The topological polar surface area (TPSA) is 73.8 Å². The van der Waals surface area contributed by atoms with Crippen molar-refractivity contribution in [2.45, 2.75) is 45.1 Å². The Morgan fingerprint density at radius 3 is 2.63 bits per heavy atom. The van der Waals surface area contributed by atoms with Gasteiger partial charge in [-0.05, 0) is 51.2 Å². The second-order valence-electron chi connectivity index (χ2n) is 7.13. The molecule has 6 nitrogen and oxygen atoms in total. The fourth-order valence-corrected chi connectivity index (χ4v) is 4.82. The number of halogens is 1. The van der Waals surface area contributed by atoms with Crippen molar-refractivity contribution in [2.24, 2.45) is 10.9 Å². The van der Waals surface area contributed by atoms with Crippen LogP contribution in [-0.2, 0) is 4.79 Å². The average Bonchev–Trinajstić information content (AvgIpc) is 3.12. The highest BCUT2D eigenvalue weighted by Crippen LogP contribution is 2.29. The number of hydrogen-bond acceptors (Lipinski definition) is 5.